The summed E-state index contributed by atoms with van der Waals surface area (Å²) in [4.78, 5) is 7.66. The number of alkyl halides is 3. The average Bonchev–Trinajstić information content (AvgIpc) is 2.44. The van der Waals surface area contributed by atoms with E-state index in [-0.39, 0.29) is 12.3 Å². The summed E-state index contributed by atoms with van der Waals surface area (Å²) in [7, 11) is 0. The number of aromatic nitrogens is 2. The van der Waals surface area contributed by atoms with Crippen LogP contribution in [-0.2, 0) is 16.9 Å². The summed E-state index contributed by atoms with van der Waals surface area (Å²) >= 11 is 0. The molecule has 1 aromatic heterocycles. The summed E-state index contributed by atoms with van der Waals surface area (Å²) in [5, 5.41) is 0. The Morgan fingerprint density at radius 3 is 2.73 bits per heavy atom. The minimum absolute atomic E-state index is 0.0671. The molecule has 0 saturated carbocycles. The lowest BCUT2D eigenvalue weighted by atomic mass is 10.0. The van der Waals surface area contributed by atoms with E-state index < -0.39 is 11.8 Å². The SMILES string of the molecule is Cc1ncc2c(n1)C(C)(C(F)(F)F)OC2. The van der Waals surface area contributed by atoms with Crippen molar-refractivity contribution in [1.82, 2.24) is 9.97 Å². The van der Waals surface area contributed by atoms with E-state index >= 15 is 0 Å². The quantitative estimate of drug-likeness (QED) is 0.668. The van der Waals surface area contributed by atoms with E-state index in [1.165, 1.54) is 6.20 Å². The number of hydrogen-bond donors (Lipinski definition) is 0. The first-order chi connectivity index (χ1) is 6.84. The fourth-order valence-electron chi connectivity index (χ4n) is 1.52. The minimum Gasteiger partial charge on any atom is -0.355 e. The lowest BCUT2D eigenvalue weighted by Gasteiger charge is -2.26. The van der Waals surface area contributed by atoms with Gasteiger partial charge in [0.2, 0.25) is 5.60 Å². The number of aryl methyl sites for hydroxylation is 1. The highest BCUT2D eigenvalue weighted by Gasteiger charge is 2.58. The van der Waals surface area contributed by atoms with Crippen molar-refractivity contribution in [2.45, 2.75) is 32.2 Å². The van der Waals surface area contributed by atoms with Crippen LogP contribution in [0.5, 0.6) is 0 Å². The van der Waals surface area contributed by atoms with Gasteiger partial charge in [0.05, 0.1) is 12.3 Å². The van der Waals surface area contributed by atoms with Crippen molar-refractivity contribution in [3.63, 3.8) is 0 Å². The van der Waals surface area contributed by atoms with Gasteiger partial charge in [0.1, 0.15) is 5.82 Å². The molecule has 1 aliphatic heterocycles. The summed E-state index contributed by atoms with van der Waals surface area (Å²) < 4.78 is 43.1. The van der Waals surface area contributed by atoms with Crippen LogP contribution < -0.4 is 0 Å². The van der Waals surface area contributed by atoms with Crippen LogP contribution in [0, 0.1) is 6.92 Å². The molecular weight excluding hydrogens is 209 g/mol. The first-order valence-corrected chi connectivity index (χ1v) is 4.38. The zero-order chi connectivity index (χ0) is 11.3. The number of fused-ring (bicyclic) bond motifs is 1. The molecule has 15 heavy (non-hydrogen) atoms. The van der Waals surface area contributed by atoms with E-state index in [4.69, 9.17) is 4.74 Å². The molecule has 0 bridgehead atoms. The maximum Gasteiger partial charge on any atom is 0.422 e. The molecule has 0 aliphatic carbocycles. The Bertz CT molecular complexity index is 405. The Balaban J connectivity index is 2.56. The summed E-state index contributed by atoms with van der Waals surface area (Å²) in [6.07, 6.45) is -3.08. The first kappa shape index (κ1) is 10.4. The molecule has 3 nitrogen and oxygen atoms in total. The van der Waals surface area contributed by atoms with E-state index in [0.717, 1.165) is 6.92 Å². The summed E-state index contributed by atoms with van der Waals surface area (Å²) in [6, 6.07) is 0. The normalized spacial score (nSPS) is 25.4. The van der Waals surface area contributed by atoms with Gasteiger partial charge in [0, 0.05) is 11.8 Å². The van der Waals surface area contributed by atoms with Gasteiger partial charge in [-0.3, -0.25) is 0 Å². The van der Waals surface area contributed by atoms with Crippen LogP contribution in [-0.4, -0.2) is 16.1 Å². The zero-order valence-electron chi connectivity index (χ0n) is 8.22. The summed E-state index contributed by atoms with van der Waals surface area (Å²) in [5.41, 5.74) is -1.96. The van der Waals surface area contributed by atoms with Crippen LogP contribution in [0.2, 0.25) is 0 Å². The van der Waals surface area contributed by atoms with Crippen LogP contribution in [0.4, 0.5) is 13.2 Å². The molecule has 0 radical (unpaired) electrons. The topological polar surface area (TPSA) is 35.0 Å². The molecule has 0 N–H and O–H groups in total. The van der Waals surface area contributed by atoms with E-state index in [9.17, 15) is 13.2 Å². The second-order valence-corrected chi connectivity index (χ2v) is 3.61. The van der Waals surface area contributed by atoms with Crippen LogP contribution in [0.25, 0.3) is 0 Å². The van der Waals surface area contributed by atoms with Crippen molar-refractivity contribution in [1.29, 1.82) is 0 Å². The van der Waals surface area contributed by atoms with Crippen LogP contribution >= 0.6 is 0 Å². The molecule has 1 unspecified atom stereocenters. The average molecular weight is 218 g/mol. The van der Waals surface area contributed by atoms with Crippen LogP contribution in [0.3, 0.4) is 0 Å². The van der Waals surface area contributed by atoms with Crippen molar-refractivity contribution in [3.05, 3.63) is 23.3 Å². The summed E-state index contributed by atoms with van der Waals surface area (Å²) in [5.74, 6) is 0.315. The Morgan fingerprint density at radius 2 is 2.13 bits per heavy atom. The summed E-state index contributed by atoms with van der Waals surface area (Å²) in [6.45, 7) is 2.45. The molecule has 0 spiro atoms. The number of rotatable bonds is 0. The monoisotopic (exact) mass is 218 g/mol. The second-order valence-electron chi connectivity index (χ2n) is 3.61. The molecule has 0 fully saturated rings. The Labute approximate surface area is 84.3 Å². The molecule has 6 heteroatoms. The molecule has 2 rings (SSSR count). The van der Waals surface area contributed by atoms with Gasteiger partial charge >= 0.3 is 6.18 Å². The highest BCUT2D eigenvalue weighted by molar-refractivity contribution is 5.28. The molecule has 1 aliphatic rings. The lowest BCUT2D eigenvalue weighted by molar-refractivity contribution is -0.273. The van der Waals surface area contributed by atoms with Crippen LogP contribution in [0.1, 0.15) is 24.0 Å². The smallest absolute Gasteiger partial charge is 0.355 e. The molecule has 0 saturated heterocycles. The Kier molecular flexibility index (Phi) is 2.01. The van der Waals surface area contributed by atoms with Gasteiger partial charge in [-0.15, -0.1) is 0 Å². The lowest BCUT2D eigenvalue weighted by Crippen LogP contribution is -2.39. The predicted octanol–water partition coefficient (Wildman–Crippen LogP) is 2.09. The number of ether oxygens (including phenoxy) is 1. The maximum absolute atomic E-state index is 12.8. The van der Waals surface area contributed by atoms with Crippen molar-refractivity contribution in [3.8, 4) is 0 Å². The molecule has 0 amide bonds. The minimum atomic E-state index is -4.46. The highest BCUT2D eigenvalue weighted by Crippen LogP contribution is 2.46. The molecule has 82 valence electrons. The van der Waals surface area contributed by atoms with Gasteiger partial charge in [0.25, 0.3) is 0 Å². The molecular formula is C9H9F3N2O. The van der Waals surface area contributed by atoms with Crippen molar-refractivity contribution < 1.29 is 17.9 Å². The fourth-order valence-corrected chi connectivity index (χ4v) is 1.52. The third kappa shape index (κ3) is 1.40. The van der Waals surface area contributed by atoms with Crippen molar-refractivity contribution in [2.24, 2.45) is 0 Å². The second kappa shape index (κ2) is 2.91. The molecule has 1 atom stereocenters. The van der Waals surface area contributed by atoms with E-state index in [0.29, 0.717) is 11.4 Å². The van der Waals surface area contributed by atoms with Gasteiger partial charge in [-0.05, 0) is 13.8 Å². The predicted molar refractivity (Wildman–Crippen MR) is 45.0 cm³/mol. The van der Waals surface area contributed by atoms with Gasteiger partial charge in [-0.1, -0.05) is 0 Å². The molecule has 2 heterocycles. The Morgan fingerprint density at radius 1 is 1.47 bits per heavy atom. The Hall–Kier alpha value is -1.17. The van der Waals surface area contributed by atoms with Gasteiger partial charge in [-0.25, -0.2) is 9.97 Å². The standard InChI is InChI=1S/C9H9F3N2O/c1-5-13-3-6-4-15-8(2,7(6)14-5)9(10,11)12/h3H,4H2,1-2H3. The molecule has 0 aromatic carbocycles. The van der Waals surface area contributed by atoms with E-state index in [1.54, 1.807) is 6.92 Å². The van der Waals surface area contributed by atoms with Crippen molar-refractivity contribution in [2.75, 3.05) is 0 Å². The largest absolute Gasteiger partial charge is 0.422 e. The number of halogens is 3. The maximum atomic E-state index is 12.8. The molecule has 1 aromatic rings. The zero-order valence-corrected chi connectivity index (χ0v) is 8.22. The third-order valence-electron chi connectivity index (χ3n) is 2.49. The fraction of sp³-hybridized carbons (Fsp3) is 0.556. The van der Waals surface area contributed by atoms with Gasteiger partial charge in [0.15, 0.2) is 0 Å². The van der Waals surface area contributed by atoms with E-state index in [2.05, 4.69) is 9.97 Å². The van der Waals surface area contributed by atoms with Gasteiger partial charge < -0.3 is 4.74 Å². The number of hydrogen-bond acceptors (Lipinski definition) is 3. The third-order valence-corrected chi connectivity index (χ3v) is 2.49. The van der Waals surface area contributed by atoms with E-state index in [1.807, 2.05) is 0 Å². The first-order valence-electron chi connectivity index (χ1n) is 4.38. The highest BCUT2D eigenvalue weighted by atomic mass is 19.4. The number of nitrogens with zero attached hydrogens (tertiary/aromatic N) is 2. The van der Waals surface area contributed by atoms with Crippen LogP contribution in [0.15, 0.2) is 6.20 Å². The van der Waals surface area contributed by atoms with Gasteiger partial charge in [-0.2, -0.15) is 13.2 Å². The van der Waals surface area contributed by atoms with Crippen molar-refractivity contribution >= 4 is 0 Å².